The molecule has 1 aliphatic heterocycles. The number of amides is 1. The first-order valence-corrected chi connectivity index (χ1v) is 5.37. The number of carbonyl (C=O) groups is 2. The second-order valence-corrected chi connectivity index (χ2v) is 4.03. The van der Waals surface area contributed by atoms with Crippen LogP contribution in [0.15, 0.2) is 18.2 Å². The second-order valence-electron chi connectivity index (χ2n) is 4.03. The molecule has 2 rings (SSSR count). The average Bonchev–Trinajstić information content (AvgIpc) is 2.28. The molecule has 4 nitrogen and oxygen atoms in total. The summed E-state index contributed by atoms with van der Waals surface area (Å²) in [4.78, 5) is 24.6. The van der Waals surface area contributed by atoms with Crippen molar-refractivity contribution in [1.82, 2.24) is 4.90 Å². The molecule has 0 atom stereocenters. The third-order valence-electron chi connectivity index (χ3n) is 2.73. The van der Waals surface area contributed by atoms with Gasteiger partial charge in [0.25, 0.3) is 5.91 Å². The number of aromatic hydroxyl groups is 1. The number of phenols is 1. The number of rotatable bonds is 1. The molecule has 0 aliphatic carbocycles. The summed E-state index contributed by atoms with van der Waals surface area (Å²) < 4.78 is 12.8. The van der Waals surface area contributed by atoms with Crippen LogP contribution in [-0.2, 0) is 4.79 Å². The summed E-state index contributed by atoms with van der Waals surface area (Å²) in [6.07, 6.45) is 1.12. The lowest BCUT2D eigenvalue weighted by molar-refractivity contribution is -0.121. The summed E-state index contributed by atoms with van der Waals surface area (Å²) in [6, 6.07) is 3.23. The van der Waals surface area contributed by atoms with Gasteiger partial charge >= 0.3 is 0 Å². The van der Waals surface area contributed by atoms with Gasteiger partial charge in [0.2, 0.25) is 0 Å². The zero-order valence-electron chi connectivity index (χ0n) is 9.15. The molecule has 1 aliphatic rings. The van der Waals surface area contributed by atoms with E-state index < -0.39 is 17.5 Å². The maximum Gasteiger partial charge on any atom is 0.258 e. The lowest BCUT2D eigenvalue weighted by Gasteiger charge is -2.26. The van der Waals surface area contributed by atoms with Crippen LogP contribution in [0.2, 0.25) is 0 Å². The van der Waals surface area contributed by atoms with Crippen LogP contribution in [0.3, 0.4) is 0 Å². The van der Waals surface area contributed by atoms with E-state index in [1.807, 2.05) is 0 Å². The fourth-order valence-electron chi connectivity index (χ4n) is 1.87. The monoisotopic (exact) mass is 237 g/mol. The van der Waals surface area contributed by atoms with Crippen LogP contribution in [0.5, 0.6) is 5.75 Å². The van der Waals surface area contributed by atoms with E-state index in [0.717, 1.165) is 12.1 Å². The van der Waals surface area contributed by atoms with Crippen LogP contribution in [-0.4, -0.2) is 34.8 Å². The quantitative estimate of drug-likeness (QED) is 0.801. The molecule has 1 fully saturated rings. The van der Waals surface area contributed by atoms with E-state index in [4.69, 9.17) is 0 Å². The number of phenolic OH excluding ortho intramolecular Hbond substituents is 1. The highest BCUT2D eigenvalue weighted by molar-refractivity contribution is 5.99. The van der Waals surface area contributed by atoms with Gasteiger partial charge in [-0.2, -0.15) is 0 Å². The minimum absolute atomic E-state index is 0.00574. The fraction of sp³-hybridized carbons (Fsp3) is 0.333. The zero-order valence-corrected chi connectivity index (χ0v) is 9.15. The van der Waals surface area contributed by atoms with Gasteiger partial charge in [-0.3, -0.25) is 9.59 Å². The predicted octanol–water partition coefficient (Wildman–Crippen LogP) is 1.34. The van der Waals surface area contributed by atoms with Crippen molar-refractivity contribution in [1.29, 1.82) is 0 Å². The number of nitrogens with zero attached hydrogens (tertiary/aromatic N) is 1. The molecule has 1 heterocycles. The number of Topliss-reactive ketones (excluding diaryl/α,β-unsaturated/α-hetero) is 1. The molecule has 5 heteroatoms. The SMILES string of the molecule is O=C1CCCN(C(=O)c2ccc(F)cc2O)C1. The molecule has 90 valence electrons. The van der Waals surface area contributed by atoms with Crippen molar-refractivity contribution in [2.75, 3.05) is 13.1 Å². The summed E-state index contributed by atoms with van der Waals surface area (Å²) in [5.74, 6) is -1.43. The van der Waals surface area contributed by atoms with E-state index in [9.17, 15) is 19.1 Å². The van der Waals surface area contributed by atoms with E-state index in [2.05, 4.69) is 0 Å². The maximum absolute atomic E-state index is 12.8. The molecule has 1 N–H and O–H groups in total. The molecule has 0 bridgehead atoms. The van der Waals surface area contributed by atoms with Crippen molar-refractivity contribution >= 4 is 11.7 Å². The molecule has 1 aromatic carbocycles. The molecule has 0 spiro atoms. The number of halogens is 1. The molecule has 0 unspecified atom stereocenters. The Hall–Kier alpha value is -1.91. The Balaban J connectivity index is 2.21. The van der Waals surface area contributed by atoms with Crippen LogP contribution in [0.1, 0.15) is 23.2 Å². The minimum atomic E-state index is -0.603. The summed E-state index contributed by atoms with van der Waals surface area (Å²) in [5.41, 5.74) is 0.0288. The van der Waals surface area contributed by atoms with Gasteiger partial charge in [0, 0.05) is 19.0 Å². The second kappa shape index (κ2) is 4.53. The highest BCUT2D eigenvalue weighted by Crippen LogP contribution is 2.21. The van der Waals surface area contributed by atoms with Crippen molar-refractivity contribution in [2.45, 2.75) is 12.8 Å². The van der Waals surface area contributed by atoms with Gasteiger partial charge in [0.1, 0.15) is 11.6 Å². The number of hydrogen-bond acceptors (Lipinski definition) is 3. The van der Waals surface area contributed by atoms with E-state index in [1.54, 1.807) is 0 Å². The zero-order chi connectivity index (χ0) is 12.4. The third-order valence-corrected chi connectivity index (χ3v) is 2.73. The highest BCUT2D eigenvalue weighted by Gasteiger charge is 2.24. The molecule has 0 aromatic heterocycles. The Morgan fingerprint density at radius 3 is 2.82 bits per heavy atom. The molecule has 17 heavy (non-hydrogen) atoms. The third kappa shape index (κ3) is 2.43. The van der Waals surface area contributed by atoms with Crippen molar-refractivity contribution in [3.63, 3.8) is 0 Å². The number of piperidine rings is 1. The lowest BCUT2D eigenvalue weighted by Crippen LogP contribution is -2.40. The predicted molar refractivity (Wildman–Crippen MR) is 58.2 cm³/mol. The molecule has 1 amide bonds. The van der Waals surface area contributed by atoms with E-state index in [-0.39, 0.29) is 17.9 Å². The number of ketones is 1. The number of benzene rings is 1. The van der Waals surface area contributed by atoms with Crippen molar-refractivity contribution in [3.05, 3.63) is 29.6 Å². The van der Waals surface area contributed by atoms with E-state index >= 15 is 0 Å². The Bertz CT molecular complexity index is 473. The van der Waals surface area contributed by atoms with Gasteiger partial charge < -0.3 is 10.0 Å². The van der Waals surface area contributed by atoms with Crippen LogP contribution in [0, 0.1) is 5.82 Å². The topological polar surface area (TPSA) is 57.6 Å². The smallest absolute Gasteiger partial charge is 0.258 e. The first-order chi connectivity index (χ1) is 8.08. The molecule has 0 saturated carbocycles. The van der Waals surface area contributed by atoms with Crippen molar-refractivity contribution < 1.29 is 19.1 Å². The van der Waals surface area contributed by atoms with E-state index in [1.165, 1.54) is 11.0 Å². The van der Waals surface area contributed by atoms with Gasteiger partial charge in [-0.25, -0.2) is 4.39 Å². The van der Waals surface area contributed by atoms with Crippen molar-refractivity contribution in [3.8, 4) is 5.75 Å². The van der Waals surface area contributed by atoms with Gasteiger partial charge in [0.15, 0.2) is 5.78 Å². The van der Waals surface area contributed by atoms with Gasteiger partial charge in [-0.1, -0.05) is 0 Å². The van der Waals surface area contributed by atoms with Gasteiger partial charge in [-0.15, -0.1) is 0 Å². The Labute approximate surface area is 97.7 Å². The number of hydrogen-bond donors (Lipinski definition) is 1. The Morgan fingerprint density at radius 2 is 2.18 bits per heavy atom. The lowest BCUT2D eigenvalue weighted by atomic mass is 10.1. The van der Waals surface area contributed by atoms with Gasteiger partial charge in [0.05, 0.1) is 12.1 Å². The highest BCUT2D eigenvalue weighted by atomic mass is 19.1. The minimum Gasteiger partial charge on any atom is -0.507 e. The Kier molecular flexibility index (Phi) is 3.08. The summed E-state index contributed by atoms with van der Waals surface area (Å²) >= 11 is 0. The van der Waals surface area contributed by atoms with Crippen LogP contribution >= 0.6 is 0 Å². The molecular weight excluding hydrogens is 225 g/mol. The van der Waals surface area contributed by atoms with Gasteiger partial charge in [-0.05, 0) is 18.6 Å². The van der Waals surface area contributed by atoms with Crippen LogP contribution in [0.4, 0.5) is 4.39 Å². The molecule has 0 radical (unpaired) electrons. The largest absolute Gasteiger partial charge is 0.507 e. The summed E-state index contributed by atoms with van der Waals surface area (Å²) in [6.45, 7) is 0.553. The van der Waals surface area contributed by atoms with Crippen LogP contribution < -0.4 is 0 Å². The number of likely N-dealkylation sites (tertiary alicyclic amines) is 1. The van der Waals surface area contributed by atoms with Crippen molar-refractivity contribution in [2.24, 2.45) is 0 Å². The average molecular weight is 237 g/mol. The molecule has 1 saturated heterocycles. The molecular formula is C12H12FNO3. The van der Waals surface area contributed by atoms with E-state index in [0.29, 0.717) is 19.4 Å². The first kappa shape index (κ1) is 11.6. The molecule has 1 aromatic rings. The number of carbonyl (C=O) groups excluding carboxylic acids is 2. The fourth-order valence-corrected chi connectivity index (χ4v) is 1.87. The normalized spacial score (nSPS) is 16.1. The summed E-state index contributed by atoms with van der Waals surface area (Å²) in [7, 11) is 0. The Morgan fingerprint density at radius 1 is 1.41 bits per heavy atom. The van der Waals surface area contributed by atoms with Crippen LogP contribution in [0.25, 0.3) is 0 Å². The maximum atomic E-state index is 12.8. The standard InChI is InChI=1S/C12H12FNO3/c13-8-3-4-10(11(16)6-8)12(17)14-5-1-2-9(15)7-14/h3-4,6,16H,1-2,5,7H2. The first-order valence-electron chi connectivity index (χ1n) is 5.37. The summed E-state index contributed by atoms with van der Waals surface area (Å²) in [5, 5.41) is 9.49.